The van der Waals surface area contributed by atoms with Crippen molar-refractivity contribution in [1.82, 2.24) is 0 Å². The monoisotopic (exact) mass is 492 g/mol. The maximum atomic E-state index is 5.73. The molecule has 0 aliphatic carbocycles. The van der Waals surface area contributed by atoms with Gasteiger partial charge in [0.2, 0.25) is 0 Å². The van der Waals surface area contributed by atoms with Gasteiger partial charge in [0, 0.05) is 0 Å². The highest BCUT2D eigenvalue weighted by molar-refractivity contribution is 6.52. The molecule has 30 heavy (non-hydrogen) atoms. The second kappa shape index (κ2) is 7.76. The van der Waals surface area contributed by atoms with Gasteiger partial charge in [0.05, 0.1) is 0 Å². The van der Waals surface area contributed by atoms with Gasteiger partial charge < -0.3 is 35.1 Å². The topological polar surface area (TPSA) is 166 Å². The van der Waals surface area contributed by atoms with E-state index in [1.54, 1.807) is 0 Å². The Morgan fingerprint density at radius 3 is 1.00 bits per heavy atom. The fourth-order valence-electron chi connectivity index (χ4n) is 2.79. The number of hydrogen-bond acceptors (Lipinski definition) is 18. The van der Waals surface area contributed by atoms with Crippen molar-refractivity contribution in [2.24, 2.45) is 0 Å². The van der Waals surface area contributed by atoms with Gasteiger partial charge in [-0.2, -0.15) is 0 Å². The minimum Gasteiger partial charge on any atom is -0.376 e. The van der Waals surface area contributed by atoms with Crippen LogP contribution in [0.15, 0.2) is 0 Å². The highest BCUT2D eigenvalue weighted by Gasteiger charge is 2.51. The Morgan fingerprint density at radius 2 is 0.533 bits per heavy atom. The molecule has 18 nitrogen and oxygen atoms in total. The first-order chi connectivity index (χ1) is 14.7. The summed E-state index contributed by atoms with van der Waals surface area (Å²) in [6.07, 6.45) is 0. The van der Waals surface area contributed by atoms with Gasteiger partial charge in [0.25, 0.3) is 58.3 Å². The van der Waals surface area contributed by atoms with Crippen LogP contribution in [0.4, 0.5) is 0 Å². The van der Waals surface area contributed by atoms with Crippen LogP contribution in [-0.4, -0.2) is 86.9 Å². The van der Waals surface area contributed by atoms with E-state index in [4.69, 9.17) is 82.5 Å². The van der Waals surface area contributed by atoms with E-state index in [-0.39, 0.29) is 0 Å². The van der Waals surface area contributed by atoms with Crippen molar-refractivity contribution in [3.8, 4) is 0 Å². The van der Waals surface area contributed by atoms with Crippen molar-refractivity contribution in [2.75, 3.05) is 0 Å². The molecule has 0 aromatic rings. The lowest BCUT2D eigenvalue weighted by molar-refractivity contribution is -0.586. The molecule has 168 valence electrons. The lowest BCUT2D eigenvalue weighted by atomic mass is 10.9. The predicted molar refractivity (Wildman–Crippen MR) is 75.1 cm³/mol. The zero-order valence-electron chi connectivity index (χ0n) is 14.3. The van der Waals surface area contributed by atoms with E-state index >= 15 is 0 Å². The molecule has 0 aromatic heterocycles. The van der Waals surface area contributed by atoms with Crippen LogP contribution < -0.4 is 0 Å². The van der Waals surface area contributed by atoms with Crippen molar-refractivity contribution in [2.45, 2.75) is 58.3 Å². The van der Waals surface area contributed by atoms with E-state index in [0.29, 0.717) is 0 Å². The van der Waals surface area contributed by atoms with Crippen LogP contribution in [0.5, 0.6) is 0 Å². The van der Waals surface area contributed by atoms with Crippen LogP contribution in [0.2, 0.25) is 0 Å². The molecular weight excluding hydrogens is 480 g/mol. The molecule has 12 unspecified atom stereocenters. The Kier molecular flexibility index (Phi) is 5.02. The molecule has 0 radical (unpaired) electrons. The molecule has 0 amide bonds. The van der Waals surface area contributed by atoms with E-state index in [9.17, 15) is 0 Å². The molecule has 6 heterocycles. The standard InChI is InChI=1S/C9H12O18Si3/c10-1-11-4-15-3-16-8-19-7-14-2(10)13-6-18-5(12-1)21-28(20-4)25-9(17-3)26-30(24-8)27-29(22-6)23-7/h1-9,28-30H. The smallest absolute Gasteiger partial charge is 0.376 e. The summed E-state index contributed by atoms with van der Waals surface area (Å²) in [5, 5.41) is 0. The quantitative estimate of drug-likeness (QED) is 0.301. The summed E-state index contributed by atoms with van der Waals surface area (Å²) in [7, 11) is -9.35. The zero-order chi connectivity index (χ0) is 19.7. The third-order valence-corrected chi connectivity index (χ3v) is 8.89. The van der Waals surface area contributed by atoms with Crippen molar-refractivity contribution in [3.63, 3.8) is 0 Å². The second-order valence-electron chi connectivity index (χ2n) is 5.91. The molecular formula is C9H12O18Si3. The van der Waals surface area contributed by atoms with E-state index < -0.39 is 86.9 Å². The number of ether oxygens (including phenoxy) is 10. The van der Waals surface area contributed by atoms with Gasteiger partial charge >= 0.3 is 28.6 Å². The molecule has 6 rings (SSSR count). The van der Waals surface area contributed by atoms with Crippen molar-refractivity contribution in [3.05, 3.63) is 0 Å². The van der Waals surface area contributed by atoms with Gasteiger partial charge in [0.1, 0.15) is 0 Å². The second-order valence-corrected chi connectivity index (χ2v) is 10.6. The van der Waals surface area contributed by atoms with E-state index in [2.05, 4.69) is 0 Å². The zero-order valence-corrected chi connectivity index (χ0v) is 17.7. The van der Waals surface area contributed by atoms with Crippen molar-refractivity contribution >= 4 is 28.6 Å². The maximum Gasteiger partial charge on any atom is 0.495 e. The number of fused-ring (bicyclic) bond motifs is 12. The van der Waals surface area contributed by atoms with Gasteiger partial charge in [-0.05, 0) is 0 Å². The van der Waals surface area contributed by atoms with E-state index in [1.807, 2.05) is 0 Å². The van der Waals surface area contributed by atoms with Crippen LogP contribution in [0.25, 0.3) is 0 Å². The number of hydrogen-bond donors (Lipinski definition) is 0. The summed E-state index contributed by atoms with van der Waals surface area (Å²) in [6, 6.07) is 0. The SMILES string of the molecule is O1C2OC3OC4OC5OC6OC1OC1OC(O2)O[SiH](O3)OC(O4)O[SiH](O5)O[SiH](O1)O6. The van der Waals surface area contributed by atoms with Gasteiger partial charge in [-0.1, -0.05) is 0 Å². The lowest BCUT2D eigenvalue weighted by Gasteiger charge is -2.45. The predicted octanol–water partition coefficient (Wildman–Crippen LogP) is -3.92. The molecule has 6 aliphatic rings. The summed E-state index contributed by atoms with van der Waals surface area (Å²) >= 11 is 0. The largest absolute Gasteiger partial charge is 0.495 e. The molecule has 12 bridgehead atoms. The summed E-state index contributed by atoms with van der Waals surface area (Å²) in [5.74, 6) is 0. The first-order valence-electron chi connectivity index (χ1n) is 8.49. The van der Waals surface area contributed by atoms with Crippen LogP contribution in [0, 0.1) is 0 Å². The molecule has 0 aromatic carbocycles. The Hall–Kier alpha value is -0.0694. The van der Waals surface area contributed by atoms with Gasteiger partial charge in [-0.25, -0.2) is 0 Å². The van der Waals surface area contributed by atoms with E-state index in [0.717, 1.165) is 0 Å². The molecule has 21 heteroatoms. The van der Waals surface area contributed by atoms with Crippen molar-refractivity contribution in [1.29, 1.82) is 0 Å². The minimum absolute atomic E-state index is 1.42. The van der Waals surface area contributed by atoms with E-state index in [1.165, 1.54) is 0 Å². The summed E-state index contributed by atoms with van der Waals surface area (Å²) in [6.45, 7) is -13.3. The molecule has 12 atom stereocenters. The van der Waals surface area contributed by atoms with Crippen LogP contribution in [0.1, 0.15) is 0 Å². The fourth-order valence-corrected chi connectivity index (χ4v) is 7.16. The Bertz CT molecular complexity index is 449. The Balaban J connectivity index is 1.34. The number of rotatable bonds is 0. The maximum absolute atomic E-state index is 5.73. The van der Waals surface area contributed by atoms with Gasteiger partial charge in [0.15, 0.2) is 0 Å². The molecule has 0 saturated carbocycles. The molecule has 6 fully saturated rings. The average Bonchev–Trinajstić information content (AvgIpc) is 2.54. The molecule has 6 saturated heterocycles. The summed E-state index contributed by atoms with van der Waals surface area (Å²) in [4.78, 5) is 0. The minimum atomic E-state index is -3.15. The normalized spacial score (nSPS) is 57.6. The third kappa shape index (κ3) is 3.92. The molecule has 0 N–H and O–H groups in total. The van der Waals surface area contributed by atoms with Crippen LogP contribution >= 0.6 is 0 Å². The highest BCUT2D eigenvalue weighted by Crippen LogP contribution is 2.32. The summed E-state index contributed by atoms with van der Waals surface area (Å²) < 4.78 is 100. The average molecular weight is 492 g/mol. The Labute approximate surface area is 170 Å². The summed E-state index contributed by atoms with van der Waals surface area (Å²) in [5.41, 5.74) is 0. The third-order valence-electron chi connectivity index (χ3n) is 4.00. The van der Waals surface area contributed by atoms with Gasteiger partial charge in [-0.15, -0.1) is 0 Å². The lowest BCUT2D eigenvalue weighted by Crippen LogP contribution is -2.61. The van der Waals surface area contributed by atoms with Gasteiger partial charge in [-0.3, -0.25) is 47.4 Å². The van der Waals surface area contributed by atoms with Crippen molar-refractivity contribution < 1.29 is 82.5 Å². The van der Waals surface area contributed by atoms with Crippen LogP contribution in [0.3, 0.4) is 0 Å². The first-order valence-corrected chi connectivity index (χ1v) is 12.7. The first kappa shape index (κ1) is 19.4. The Morgan fingerprint density at radius 1 is 0.267 bits per heavy atom. The van der Waals surface area contributed by atoms with Crippen LogP contribution in [-0.2, 0) is 82.5 Å². The molecule has 0 spiro atoms. The highest BCUT2D eigenvalue weighted by atomic mass is 28.4. The molecule has 6 aliphatic heterocycles. The fraction of sp³-hybridized carbons (Fsp3) is 1.00.